The maximum absolute atomic E-state index is 6.07. The van der Waals surface area contributed by atoms with Crippen molar-refractivity contribution in [3.05, 3.63) is 11.9 Å². The van der Waals surface area contributed by atoms with Gasteiger partial charge in [0.25, 0.3) is 0 Å². The predicted molar refractivity (Wildman–Crippen MR) is 76.0 cm³/mol. The van der Waals surface area contributed by atoms with Crippen LogP contribution >= 0.6 is 0 Å². The molecule has 0 atom stereocenters. The van der Waals surface area contributed by atoms with Gasteiger partial charge in [0.15, 0.2) is 0 Å². The van der Waals surface area contributed by atoms with E-state index in [-0.39, 0.29) is 11.2 Å². The first-order valence-electron chi connectivity index (χ1n) is 6.48. The van der Waals surface area contributed by atoms with Gasteiger partial charge in [0.05, 0.1) is 11.2 Å². The fraction of sp³-hybridized carbons (Fsp3) is 0.692. The van der Waals surface area contributed by atoms with Crippen molar-refractivity contribution in [2.24, 2.45) is 5.84 Å². The number of morpholine rings is 1. The van der Waals surface area contributed by atoms with E-state index in [2.05, 4.69) is 48.0 Å². The van der Waals surface area contributed by atoms with E-state index in [9.17, 15) is 0 Å². The van der Waals surface area contributed by atoms with Crippen LogP contribution in [0, 0.1) is 6.92 Å². The van der Waals surface area contributed by atoms with Gasteiger partial charge in [0, 0.05) is 19.2 Å². The van der Waals surface area contributed by atoms with E-state index in [4.69, 9.17) is 10.6 Å². The molecule has 0 saturated carbocycles. The minimum absolute atomic E-state index is 0.211. The van der Waals surface area contributed by atoms with Gasteiger partial charge >= 0.3 is 0 Å². The van der Waals surface area contributed by atoms with Gasteiger partial charge in [0.2, 0.25) is 0 Å². The number of rotatable bonds is 2. The molecule has 1 aromatic heterocycles. The Morgan fingerprint density at radius 2 is 1.79 bits per heavy atom. The highest BCUT2D eigenvalue weighted by Gasteiger charge is 2.38. The topological polar surface area (TPSA) is 76.3 Å². The number of aromatic nitrogens is 2. The van der Waals surface area contributed by atoms with Crippen molar-refractivity contribution in [2.75, 3.05) is 23.4 Å². The van der Waals surface area contributed by atoms with Crippen molar-refractivity contribution in [3.63, 3.8) is 0 Å². The number of ether oxygens (including phenoxy) is 1. The number of anilines is 2. The average molecular weight is 265 g/mol. The molecule has 1 fully saturated rings. The van der Waals surface area contributed by atoms with Crippen LogP contribution in [0.15, 0.2) is 6.07 Å². The van der Waals surface area contributed by atoms with E-state index < -0.39 is 0 Å². The Morgan fingerprint density at radius 3 is 2.32 bits per heavy atom. The van der Waals surface area contributed by atoms with Crippen molar-refractivity contribution in [1.29, 1.82) is 0 Å². The van der Waals surface area contributed by atoms with E-state index in [0.717, 1.165) is 18.9 Å². The molecule has 0 radical (unpaired) electrons. The van der Waals surface area contributed by atoms with E-state index >= 15 is 0 Å². The van der Waals surface area contributed by atoms with Crippen LogP contribution in [-0.2, 0) is 4.74 Å². The Bertz CT molecular complexity index is 456. The summed E-state index contributed by atoms with van der Waals surface area (Å²) < 4.78 is 6.07. The highest BCUT2D eigenvalue weighted by atomic mass is 16.5. The summed E-state index contributed by atoms with van der Waals surface area (Å²) in [5, 5.41) is 0. The minimum atomic E-state index is -0.211. The summed E-state index contributed by atoms with van der Waals surface area (Å²) in [6.07, 6.45) is 0. The lowest BCUT2D eigenvalue weighted by Gasteiger charge is -2.47. The maximum Gasteiger partial charge on any atom is 0.145 e. The number of hydrogen-bond acceptors (Lipinski definition) is 6. The third kappa shape index (κ3) is 3.33. The molecule has 106 valence electrons. The summed E-state index contributed by atoms with van der Waals surface area (Å²) in [4.78, 5) is 10.9. The Balaban J connectivity index is 2.33. The smallest absolute Gasteiger partial charge is 0.145 e. The van der Waals surface area contributed by atoms with Crippen molar-refractivity contribution in [1.82, 2.24) is 9.97 Å². The fourth-order valence-corrected chi connectivity index (χ4v) is 2.74. The summed E-state index contributed by atoms with van der Waals surface area (Å²) in [7, 11) is 0. The molecule has 0 spiro atoms. The van der Waals surface area contributed by atoms with Crippen molar-refractivity contribution >= 4 is 11.6 Å². The first-order valence-corrected chi connectivity index (χ1v) is 6.48. The number of nitrogens with two attached hydrogens (primary N) is 1. The van der Waals surface area contributed by atoms with Crippen molar-refractivity contribution in [3.8, 4) is 0 Å². The normalized spacial score (nSPS) is 21.3. The SMILES string of the molecule is Cc1nc(NN)cc(N2CC(C)(C)OC(C)(C)C2)n1. The number of nitrogens with one attached hydrogen (secondary N) is 1. The standard InChI is InChI=1S/C13H23N5O/c1-9-15-10(17-14)6-11(16-9)18-7-12(2,3)19-13(4,5)8-18/h6H,7-8,14H2,1-5H3,(H,15,16,17). The molecule has 3 N–H and O–H groups in total. The summed E-state index contributed by atoms with van der Waals surface area (Å²) in [6, 6.07) is 1.87. The number of nitrogen functional groups attached to an aromatic ring is 1. The number of hydrazine groups is 1. The van der Waals surface area contributed by atoms with Gasteiger partial charge in [-0.25, -0.2) is 15.8 Å². The molecule has 0 bridgehead atoms. The molecule has 1 aliphatic heterocycles. The lowest BCUT2D eigenvalue weighted by Crippen LogP contribution is -2.57. The zero-order valence-electron chi connectivity index (χ0n) is 12.3. The van der Waals surface area contributed by atoms with Crippen LogP contribution in [0.1, 0.15) is 33.5 Å². The van der Waals surface area contributed by atoms with Gasteiger partial charge in [-0.15, -0.1) is 0 Å². The zero-order valence-corrected chi connectivity index (χ0v) is 12.3. The summed E-state index contributed by atoms with van der Waals surface area (Å²) in [6.45, 7) is 11.8. The number of aryl methyl sites for hydroxylation is 1. The van der Waals surface area contributed by atoms with Crippen LogP contribution in [-0.4, -0.2) is 34.3 Å². The second-order valence-corrected chi connectivity index (χ2v) is 6.28. The predicted octanol–water partition coefficient (Wildman–Crippen LogP) is 1.46. The lowest BCUT2D eigenvalue weighted by molar-refractivity contribution is -0.133. The molecule has 0 aromatic carbocycles. The van der Waals surface area contributed by atoms with Crippen molar-refractivity contribution in [2.45, 2.75) is 45.8 Å². The van der Waals surface area contributed by atoms with Crippen LogP contribution in [0.2, 0.25) is 0 Å². The largest absolute Gasteiger partial charge is 0.366 e. The Hall–Kier alpha value is -1.40. The molecule has 19 heavy (non-hydrogen) atoms. The van der Waals surface area contributed by atoms with Crippen LogP contribution in [0.25, 0.3) is 0 Å². The van der Waals surface area contributed by atoms with Crippen LogP contribution in [0.5, 0.6) is 0 Å². The summed E-state index contributed by atoms with van der Waals surface area (Å²) >= 11 is 0. The molecule has 0 aliphatic carbocycles. The quantitative estimate of drug-likeness (QED) is 0.623. The molecule has 6 nitrogen and oxygen atoms in total. The molecule has 1 aromatic rings. The van der Waals surface area contributed by atoms with Gasteiger partial charge in [-0.3, -0.25) is 0 Å². The third-order valence-electron chi connectivity index (χ3n) is 2.99. The highest BCUT2D eigenvalue weighted by Crippen LogP contribution is 2.31. The molecule has 6 heteroatoms. The lowest BCUT2D eigenvalue weighted by atomic mass is 9.99. The van der Waals surface area contributed by atoms with Gasteiger partial charge < -0.3 is 15.1 Å². The van der Waals surface area contributed by atoms with E-state index in [1.165, 1.54) is 0 Å². The monoisotopic (exact) mass is 265 g/mol. The molecule has 2 rings (SSSR count). The molecule has 0 unspecified atom stereocenters. The maximum atomic E-state index is 6.07. The zero-order chi connectivity index (χ0) is 14.3. The van der Waals surface area contributed by atoms with Gasteiger partial charge in [0.1, 0.15) is 17.5 Å². The van der Waals surface area contributed by atoms with Crippen LogP contribution in [0.4, 0.5) is 11.6 Å². The van der Waals surface area contributed by atoms with Crippen LogP contribution < -0.4 is 16.2 Å². The summed E-state index contributed by atoms with van der Waals surface area (Å²) in [5.41, 5.74) is 2.16. The Morgan fingerprint density at radius 1 is 1.21 bits per heavy atom. The van der Waals surface area contributed by atoms with E-state index in [0.29, 0.717) is 11.6 Å². The number of hydrogen-bond donors (Lipinski definition) is 2. The van der Waals surface area contributed by atoms with Crippen LogP contribution in [0.3, 0.4) is 0 Å². The highest BCUT2D eigenvalue weighted by molar-refractivity contribution is 5.49. The minimum Gasteiger partial charge on any atom is -0.366 e. The Labute approximate surface area is 114 Å². The summed E-state index contributed by atoms with van der Waals surface area (Å²) in [5.74, 6) is 7.65. The first kappa shape index (κ1) is 14.0. The molecule has 1 aliphatic rings. The third-order valence-corrected chi connectivity index (χ3v) is 2.99. The molecule has 2 heterocycles. The molecular formula is C13H23N5O. The van der Waals surface area contributed by atoms with E-state index in [1.54, 1.807) is 0 Å². The van der Waals surface area contributed by atoms with Crippen molar-refractivity contribution < 1.29 is 4.74 Å². The number of nitrogens with zero attached hydrogens (tertiary/aromatic N) is 3. The molecule has 0 amide bonds. The van der Waals surface area contributed by atoms with Gasteiger partial charge in [-0.2, -0.15) is 0 Å². The molecule has 1 saturated heterocycles. The van der Waals surface area contributed by atoms with Gasteiger partial charge in [-0.05, 0) is 34.6 Å². The second-order valence-electron chi connectivity index (χ2n) is 6.28. The average Bonchev–Trinajstić information content (AvgIpc) is 2.24. The first-order chi connectivity index (χ1) is 8.71. The molecular weight excluding hydrogens is 242 g/mol. The van der Waals surface area contributed by atoms with Gasteiger partial charge in [-0.1, -0.05) is 0 Å². The fourth-order valence-electron chi connectivity index (χ4n) is 2.74. The second kappa shape index (κ2) is 4.61. The van der Waals surface area contributed by atoms with E-state index in [1.807, 2.05) is 13.0 Å². The Kier molecular flexibility index (Phi) is 3.40.